The van der Waals surface area contributed by atoms with Gasteiger partial charge in [-0.05, 0) is 67.7 Å². The molecule has 136 valence electrons. The second-order valence-electron chi connectivity index (χ2n) is 6.57. The van der Waals surface area contributed by atoms with Crippen LogP contribution in [0.25, 0.3) is 6.08 Å². The van der Waals surface area contributed by atoms with Crippen LogP contribution in [0.1, 0.15) is 39.0 Å². The summed E-state index contributed by atoms with van der Waals surface area (Å²) in [6, 6.07) is 7.85. The van der Waals surface area contributed by atoms with E-state index < -0.39 is 0 Å². The number of carbonyl (C=O) groups excluding carboxylic acids is 1. The lowest BCUT2D eigenvalue weighted by molar-refractivity contribution is 0.102. The lowest BCUT2D eigenvalue weighted by Gasteiger charge is -2.20. The van der Waals surface area contributed by atoms with E-state index in [1.807, 2.05) is 31.2 Å². The SMILES string of the molecule is COc1cc(C=C2CCc3c(C)cc(C)cc3C2=O)cc(OC)c1OC. The zero-order valence-electron chi connectivity index (χ0n) is 15.9. The van der Waals surface area contributed by atoms with Crippen molar-refractivity contribution in [2.24, 2.45) is 0 Å². The van der Waals surface area contributed by atoms with Crippen molar-refractivity contribution in [3.05, 3.63) is 57.7 Å². The number of ketones is 1. The highest BCUT2D eigenvalue weighted by atomic mass is 16.5. The van der Waals surface area contributed by atoms with E-state index >= 15 is 0 Å². The summed E-state index contributed by atoms with van der Waals surface area (Å²) in [5.74, 6) is 1.80. The van der Waals surface area contributed by atoms with E-state index in [2.05, 4.69) is 13.0 Å². The lowest BCUT2D eigenvalue weighted by atomic mass is 9.83. The molecule has 4 heteroatoms. The molecule has 2 aromatic carbocycles. The van der Waals surface area contributed by atoms with Crippen LogP contribution in [0, 0.1) is 13.8 Å². The first-order chi connectivity index (χ1) is 12.5. The van der Waals surface area contributed by atoms with Gasteiger partial charge in [0.1, 0.15) is 0 Å². The van der Waals surface area contributed by atoms with Gasteiger partial charge in [0, 0.05) is 11.1 Å². The molecule has 0 atom stereocenters. The summed E-state index contributed by atoms with van der Waals surface area (Å²) < 4.78 is 16.2. The van der Waals surface area contributed by atoms with Crippen molar-refractivity contribution in [1.82, 2.24) is 0 Å². The Hall–Kier alpha value is -2.75. The lowest BCUT2D eigenvalue weighted by Crippen LogP contribution is -2.15. The molecule has 0 aromatic heterocycles. The Balaban J connectivity index is 2.05. The standard InChI is InChI=1S/C22H24O4/c1-13-8-14(2)17-7-6-16(21(23)18(17)9-13)10-15-11-19(24-3)22(26-5)20(12-15)25-4/h8-12H,6-7H2,1-5H3. The predicted molar refractivity (Wildman–Crippen MR) is 103 cm³/mol. The third kappa shape index (κ3) is 3.19. The molecule has 0 saturated carbocycles. The van der Waals surface area contributed by atoms with Crippen LogP contribution >= 0.6 is 0 Å². The molecule has 4 nitrogen and oxygen atoms in total. The molecule has 0 saturated heterocycles. The van der Waals surface area contributed by atoms with Crippen molar-refractivity contribution in [2.75, 3.05) is 21.3 Å². The van der Waals surface area contributed by atoms with E-state index in [9.17, 15) is 4.79 Å². The number of hydrogen-bond donors (Lipinski definition) is 0. The monoisotopic (exact) mass is 352 g/mol. The summed E-state index contributed by atoms with van der Waals surface area (Å²) in [5, 5.41) is 0. The van der Waals surface area contributed by atoms with Crippen LogP contribution < -0.4 is 14.2 Å². The van der Waals surface area contributed by atoms with Crippen molar-refractivity contribution >= 4 is 11.9 Å². The van der Waals surface area contributed by atoms with Crippen LogP contribution in [0.3, 0.4) is 0 Å². The molecule has 1 aliphatic rings. The smallest absolute Gasteiger partial charge is 0.203 e. The average Bonchev–Trinajstić information content (AvgIpc) is 2.63. The quantitative estimate of drug-likeness (QED) is 0.758. The van der Waals surface area contributed by atoms with Crippen LogP contribution in [0.5, 0.6) is 17.2 Å². The van der Waals surface area contributed by atoms with Crippen LogP contribution in [0.4, 0.5) is 0 Å². The molecule has 0 heterocycles. The number of benzene rings is 2. The molecule has 0 spiro atoms. The maximum Gasteiger partial charge on any atom is 0.203 e. The second-order valence-corrected chi connectivity index (χ2v) is 6.57. The average molecular weight is 352 g/mol. The first-order valence-corrected chi connectivity index (χ1v) is 8.64. The van der Waals surface area contributed by atoms with Crippen molar-refractivity contribution in [3.8, 4) is 17.2 Å². The highest BCUT2D eigenvalue weighted by molar-refractivity contribution is 6.13. The van der Waals surface area contributed by atoms with Gasteiger partial charge in [-0.1, -0.05) is 11.6 Å². The minimum Gasteiger partial charge on any atom is -0.493 e. The van der Waals surface area contributed by atoms with E-state index in [1.54, 1.807) is 21.3 Å². The van der Waals surface area contributed by atoms with Gasteiger partial charge in [-0.2, -0.15) is 0 Å². The molecular weight excluding hydrogens is 328 g/mol. The number of aryl methyl sites for hydroxylation is 2. The number of methoxy groups -OCH3 is 3. The van der Waals surface area contributed by atoms with Gasteiger partial charge >= 0.3 is 0 Å². The Bertz CT molecular complexity index is 868. The van der Waals surface area contributed by atoms with Crippen LogP contribution in [-0.4, -0.2) is 27.1 Å². The maximum atomic E-state index is 13.0. The summed E-state index contributed by atoms with van der Waals surface area (Å²) in [4.78, 5) is 13.0. The van der Waals surface area contributed by atoms with Gasteiger partial charge in [-0.15, -0.1) is 0 Å². The van der Waals surface area contributed by atoms with Gasteiger partial charge in [-0.3, -0.25) is 4.79 Å². The number of fused-ring (bicyclic) bond motifs is 1. The Kier molecular flexibility index (Phi) is 5.03. The van der Waals surface area contributed by atoms with E-state index in [1.165, 1.54) is 11.1 Å². The van der Waals surface area contributed by atoms with E-state index in [4.69, 9.17) is 14.2 Å². The number of Topliss-reactive ketones (excluding diaryl/α,β-unsaturated/α-hetero) is 1. The first kappa shape index (κ1) is 18.1. The van der Waals surface area contributed by atoms with Crippen LogP contribution in [-0.2, 0) is 6.42 Å². The number of rotatable bonds is 4. The van der Waals surface area contributed by atoms with Gasteiger partial charge in [-0.25, -0.2) is 0 Å². The summed E-state index contributed by atoms with van der Waals surface area (Å²) in [6.07, 6.45) is 3.53. The van der Waals surface area contributed by atoms with E-state index in [-0.39, 0.29) is 5.78 Å². The molecule has 1 aliphatic carbocycles. The first-order valence-electron chi connectivity index (χ1n) is 8.64. The molecule has 26 heavy (non-hydrogen) atoms. The molecule has 0 amide bonds. The Morgan fingerprint density at radius 2 is 1.54 bits per heavy atom. The van der Waals surface area contributed by atoms with Gasteiger partial charge in [0.25, 0.3) is 0 Å². The molecule has 3 rings (SSSR count). The van der Waals surface area contributed by atoms with Crippen LogP contribution in [0.2, 0.25) is 0 Å². The molecule has 0 fully saturated rings. The zero-order valence-corrected chi connectivity index (χ0v) is 15.9. The Morgan fingerprint density at radius 1 is 0.885 bits per heavy atom. The fourth-order valence-corrected chi connectivity index (χ4v) is 3.60. The minimum absolute atomic E-state index is 0.104. The maximum absolute atomic E-state index is 13.0. The molecular formula is C22H24O4. The van der Waals surface area contributed by atoms with Gasteiger partial charge in [0.05, 0.1) is 21.3 Å². The number of carbonyl (C=O) groups is 1. The number of ether oxygens (including phenoxy) is 3. The fourth-order valence-electron chi connectivity index (χ4n) is 3.60. The normalized spacial score (nSPS) is 15.0. The molecule has 0 aliphatic heterocycles. The number of allylic oxidation sites excluding steroid dienone is 1. The summed E-state index contributed by atoms with van der Waals surface area (Å²) in [5.41, 5.74) is 5.96. The zero-order chi connectivity index (χ0) is 18.8. The van der Waals surface area contributed by atoms with Crippen LogP contribution in [0.15, 0.2) is 29.8 Å². The van der Waals surface area contributed by atoms with Crippen molar-refractivity contribution < 1.29 is 19.0 Å². The molecule has 0 bridgehead atoms. The summed E-state index contributed by atoms with van der Waals surface area (Å²) in [6.45, 7) is 4.10. The topological polar surface area (TPSA) is 44.8 Å². The van der Waals surface area contributed by atoms with Gasteiger partial charge in [0.2, 0.25) is 5.75 Å². The van der Waals surface area contributed by atoms with E-state index in [0.29, 0.717) is 17.2 Å². The van der Waals surface area contributed by atoms with E-state index in [0.717, 1.165) is 35.1 Å². The highest BCUT2D eigenvalue weighted by Gasteiger charge is 2.24. The van der Waals surface area contributed by atoms with Gasteiger partial charge in [0.15, 0.2) is 17.3 Å². The third-order valence-electron chi connectivity index (χ3n) is 4.83. The highest BCUT2D eigenvalue weighted by Crippen LogP contribution is 2.39. The largest absolute Gasteiger partial charge is 0.493 e. The Labute approximate surface area is 154 Å². The third-order valence-corrected chi connectivity index (χ3v) is 4.83. The van der Waals surface area contributed by atoms with Crippen molar-refractivity contribution in [2.45, 2.75) is 26.7 Å². The van der Waals surface area contributed by atoms with Crippen molar-refractivity contribution in [1.29, 1.82) is 0 Å². The summed E-state index contributed by atoms with van der Waals surface area (Å²) in [7, 11) is 4.74. The van der Waals surface area contributed by atoms with Gasteiger partial charge < -0.3 is 14.2 Å². The summed E-state index contributed by atoms with van der Waals surface area (Å²) >= 11 is 0. The second kappa shape index (κ2) is 7.24. The minimum atomic E-state index is 0.104. The Morgan fingerprint density at radius 3 is 2.12 bits per heavy atom. The van der Waals surface area contributed by atoms with Crippen molar-refractivity contribution in [3.63, 3.8) is 0 Å². The molecule has 0 radical (unpaired) electrons. The molecule has 0 unspecified atom stereocenters. The number of hydrogen-bond acceptors (Lipinski definition) is 4. The fraction of sp³-hybridized carbons (Fsp3) is 0.318. The molecule has 2 aromatic rings. The molecule has 0 N–H and O–H groups in total. The predicted octanol–water partition coefficient (Wildman–Crippen LogP) is 4.54.